The molecule has 2 fully saturated rings. The second kappa shape index (κ2) is 5.00. The van der Waals surface area contributed by atoms with Crippen LogP contribution < -0.4 is 0 Å². The highest BCUT2D eigenvalue weighted by Crippen LogP contribution is 2.31. The number of piperazine rings is 1. The Kier molecular flexibility index (Phi) is 3.37. The van der Waals surface area contributed by atoms with Gasteiger partial charge in [0.1, 0.15) is 0 Å². The molecule has 0 saturated carbocycles. The van der Waals surface area contributed by atoms with E-state index in [1.54, 1.807) is 0 Å². The first-order valence-electron chi connectivity index (χ1n) is 6.92. The largest absolute Gasteiger partial charge is 0.392 e. The Morgan fingerprint density at radius 2 is 1.83 bits per heavy atom. The molecular formula is C15H22N2O. The number of fused-ring (bicyclic) bond motifs is 2. The van der Waals surface area contributed by atoms with Crippen LogP contribution in [0.2, 0.25) is 0 Å². The smallest absolute Gasteiger partial charge is 0.0639 e. The third-order valence-electron chi connectivity index (χ3n) is 4.19. The Morgan fingerprint density at radius 1 is 1.17 bits per heavy atom. The Hall–Kier alpha value is -0.900. The van der Waals surface area contributed by atoms with Crippen LogP contribution in [-0.2, 0) is 6.54 Å². The minimum atomic E-state index is -0.202. The molecule has 2 heterocycles. The second-order valence-corrected chi connectivity index (χ2v) is 5.76. The van der Waals surface area contributed by atoms with Crippen LogP contribution in [0.15, 0.2) is 30.3 Å². The van der Waals surface area contributed by atoms with Crippen molar-refractivity contribution in [1.82, 2.24) is 9.80 Å². The van der Waals surface area contributed by atoms with E-state index in [1.165, 1.54) is 12.0 Å². The number of hydrogen-bond donors (Lipinski definition) is 1. The third-order valence-corrected chi connectivity index (χ3v) is 4.19. The molecule has 98 valence electrons. The van der Waals surface area contributed by atoms with Gasteiger partial charge in [0, 0.05) is 38.3 Å². The van der Waals surface area contributed by atoms with Crippen molar-refractivity contribution in [3.8, 4) is 0 Å². The molecule has 0 amide bonds. The summed E-state index contributed by atoms with van der Waals surface area (Å²) in [4.78, 5) is 5.05. The first-order chi connectivity index (χ1) is 8.72. The van der Waals surface area contributed by atoms with E-state index in [-0.39, 0.29) is 6.10 Å². The van der Waals surface area contributed by atoms with E-state index in [0.29, 0.717) is 12.1 Å². The molecule has 3 atom stereocenters. The van der Waals surface area contributed by atoms with Gasteiger partial charge in [0.2, 0.25) is 0 Å². The van der Waals surface area contributed by atoms with Gasteiger partial charge in [-0.05, 0) is 18.9 Å². The summed E-state index contributed by atoms with van der Waals surface area (Å²) >= 11 is 0. The van der Waals surface area contributed by atoms with Gasteiger partial charge in [-0.3, -0.25) is 9.80 Å². The summed E-state index contributed by atoms with van der Waals surface area (Å²) in [7, 11) is 0. The zero-order chi connectivity index (χ0) is 12.5. The van der Waals surface area contributed by atoms with Crippen LogP contribution in [0.5, 0.6) is 0 Å². The number of rotatable bonds is 4. The van der Waals surface area contributed by atoms with Crippen LogP contribution in [0.1, 0.15) is 18.9 Å². The van der Waals surface area contributed by atoms with E-state index in [0.717, 1.165) is 26.2 Å². The van der Waals surface area contributed by atoms with Crippen molar-refractivity contribution < 1.29 is 5.11 Å². The van der Waals surface area contributed by atoms with E-state index < -0.39 is 0 Å². The summed E-state index contributed by atoms with van der Waals surface area (Å²) < 4.78 is 0. The maximum Gasteiger partial charge on any atom is 0.0639 e. The standard InChI is InChI=1S/C15H22N2O/c1-12(18)8-16-10-15-7-14(16)11-17(15)9-13-5-3-2-4-6-13/h2-6,12,14-15,18H,7-11H2,1H3/t12-,14?,15?/m1/s1. The number of hydrogen-bond acceptors (Lipinski definition) is 3. The molecule has 0 spiro atoms. The van der Waals surface area contributed by atoms with Crippen LogP contribution in [-0.4, -0.2) is 52.7 Å². The van der Waals surface area contributed by atoms with Crippen molar-refractivity contribution >= 4 is 0 Å². The maximum atomic E-state index is 9.49. The van der Waals surface area contributed by atoms with Crippen molar-refractivity contribution in [3.05, 3.63) is 35.9 Å². The average molecular weight is 246 g/mol. The molecule has 0 radical (unpaired) electrons. The maximum absolute atomic E-state index is 9.49. The minimum Gasteiger partial charge on any atom is -0.392 e. The molecular weight excluding hydrogens is 224 g/mol. The summed E-state index contributed by atoms with van der Waals surface area (Å²) in [6.45, 7) is 6.08. The quantitative estimate of drug-likeness (QED) is 0.868. The highest BCUT2D eigenvalue weighted by atomic mass is 16.3. The van der Waals surface area contributed by atoms with Gasteiger partial charge >= 0.3 is 0 Å². The molecule has 0 aliphatic carbocycles. The monoisotopic (exact) mass is 246 g/mol. The van der Waals surface area contributed by atoms with Gasteiger partial charge in [-0.1, -0.05) is 30.3 Å². The van der Waals surface area contributed by atoms with Gasteiger partial charge in [-0.25, -0.2) is 0 Å². The van der Waals surface area contributed by atoms with Crippen LogP contribution in [0.3, 0.4) is 0 Å². The van der Waals surface area contributed by atoms with E-state index in [4.69, 9.17) is 0 Å². The normalized spacial score (nSPS) is 29.9. The van der Waals surface area contributed by atoms with Gasteiger partial charge in [0.15, 0.2) is 0 Å². The fraction of sp³-hybridized carbons (Fsp3) is 0.600. The van der Waals surface area contributed by atoms with Gasteiger partial charge < -0.3 is 5.11 Å². The lowest BCUT2D eigenvalue weighted by atomic mass is 10.2. The highest BCUT2D eigenvalue weighted by molar-refractivity contribution is 5.15. The summed E-state index contributed by atoms with van der Waals surface area (Å²) in [6.07, 6.45) is 1.08. The Labute approximate surface area is 109 Å². The zero-order valence-electron chi connectivity index (χ0n) is 11.0. The molecule has 1 aromatic rings. The molecule has 3 nitrogen and oxygen atoms in total. The lowest BCUT2D eigenvalue weighted by Gasteiger charge is -2.34. The topological polar surface area (TPSA) is 26.7 Å². The van der Waals surface area contributed by atoms with Gasteiger partial charge in [0.25, 0.3) is 0 Å². The van der Waals surface area contributed by atoms with Crippen LogP contribution >= 0.6 is 0 Å². The number of aliphatic hydroxyl groups excluding tert-OH is 1. The summed E-state index contributed by atoms with van der Waals surface area (Å²) in [5, 5.41) is 9.49. The molecule has 3 rings (SSSR count). The number of aliphatic hydroxyl groups is 1. The fourth-order valence-corrected chi connectivity index (χ4v) is 3.41. The van der Waals surface area contributed by atoms with Crippen LogP contribution in [0, 0.1) is 0 Å². The Balaban J connectivity index is 1.58. The first-order valence-corrected chi connectivity index (χ1v) is 6.92. The van der Waals surface area contributed by atoms with E-state index in [1.807, 2.05) is 6.92 Å². The molecule has 2 aliphatic rings. The fourth-order valence-electron chi connectivity index (χ4n) is 3.41. The lowest BCUT2D eigenvalue weighted by molar-refractivity contribution is 0.0749. The molecule has 2 saturated heterocycles. The number of β-amino-alcohol motifs (C(OH)–C–C–N with tert-alkyl or cyclic N) is 1. The third kappa shape index (κ3) is 2.44. The summed E-state index contributed by atoms with van der Waals surface area (Å²) in [5.74, 6) is 0. The van der Waals surface area contributed by atoms with E-state index in [9.17, 15) is 5.11 Å². The molecule has 2 unspecified atom stereocenters. The Morgan fingerprint density at radius 3 is 2.44 bits per heavy atom. The molecule has 1 aromatic carbocycles. The minimum absolute atomic E-state index is 0.202. The second-order valence-electron chi connectivity index (χ2n) is 5.76. The molecule has 1 N–H and O–H groups in total. The molecule has 18 heavy (non-hydrogen) atoms. The van der Waals surface area contributed by atoms with E-state index in [2.05, 4.69) is 40.1 Å². The van der Waals surface area contributed by atoms with Crippen molar-refractivity contribution in [3.63, 3.8) is 0 Å². The average Bonchev–Trinajstić information content (AvgIpc) is 2.89. The highest BCUT2D eigenvalue weighted by Gasteiger charge is 2.42. The van der Waals surface area contributed by atoms with Gasteiger partial charge in [-0.2, -0.15) is 0 Å². The summed E-state index contributed by atoms with van der Waals surface area (Å²) in [6, 6.07) is 12.1. The number of benzene rings is 1. The molecule has 0 aromatic heterocycles. The predicted molar refractivity (Wildman–Crippen MR) is 72.3 cm³/mol. The predicted octanol–water partition coefficient (Wildman–Crippen LogP) is 1.33. The van der Waals surface area contributed by atoms with Crippen molar-refractivity contribution in [1.29, 1.82) is 0 Å². The van der Waals surface area contributed by atoms with Gasteiger partial charge in [-0.15, -0.1) is 0 Å². The van der Waals surface area contributed by atoms with Crippen molar-refractivity contribution in [2.24, 2.45) is 0 Å². The van der Waals surface area contributed by atoms with Gasteiger partial charge in [0.05, 0.1) is 6.10 Å². The number of nitrogens with zero attached hydrogens (tertiary/aromatic N) is 2. The van der Waals surface area contributed by atoms with E-state index >= 15 is 0 Å². The van der Waals surface area contributed by atoms with Crippen molar-refractivity contribution in [2.75, 3.05) is 19.6 Å². The first kappa shape index (κ1) is 12.2. The summed E-state index contributed by atoms with van der Waals surface area (Å²) in [5.41, 5.74) is 1.41. The van der Waals surface area contributed by atoms with Crippen molar-refractivity contribution in [2.45, 2.75) is 38.1 Å². The molecule has 2 aliphatic heterocycles. The zero-order valence-corrected chi connectivity index (χ0v) is 11.0. The van der Waals surface area contributed by atoms with Crippen LogP contribution in [0.25, 0.3) is 0 Å². The number of likely N-dealkylation sites (tertiary alicyclic amines) is 2. The van der Waals surface area contributed by atoms with Crippen LogP contribution in [0.4, 0.5) is 0 Å². The Bertz CT molecular complexity index is 393. The molecule has 3 heteroatoms. The SMILES string of the molecule is C[C@@H](O)CN1CC2CC1CN2Cc1ccccc1. The molecule has 2 bridgehead atoms. The lowest BCUT2D eigenvalue weighted by Crippen LogP contribution is -2.47.